The van der Waals surface area contributed by atoms with E-state index in [1.54, 1.807) is 25.7 Å². The number of carbonyl (C=O) groups is 3. The summed E-state index contributed by atoms with van der Waals surface area (Å²) < 4.78 is 10.9. The Hall–Kier alpha value is -2.57. The van der Waals surface area contributed by atoms with Crippen LogP contribution in [0.15, 0.2) is 30.3 Å². The molecule has 0 radical (unpaired) electrons. The van der Waals surface area contributed by atoms with Crippen LogP contribution in [0.4, 0.5) is 4.79 Å². The van der Waals surface area contributed by atoms with Gasteiger partial charge in [-0.3, -0.25) is 4.79 Å². The topological polar surface area (TPSA) is 84.9 Å². The van der Waals surface area contributed by atoms with E-state index in [4.69, 9.17) is 9.47 Å². The molecular weight excluding hydrogens is 420 g/mol. The molecule has 1 saturated carbocycles. The Labute approximate surface area is 197 Å². The zero-order chi connectivity index (χ0) is 23.8. The fourth-order valence-corrected chi connectivity index (χ4v) is 4.73. The smallest absolute Gasteiger partial charge is 0.408 e. The summed E-state index contributed by atoms with van der Waals surface area (Å²) in [6.07, 6.45) is 6.91. The quantitative estimate of drug-likeness (QED) is 0.605. The predicted molar refractivity (Wildman–Crippen MR) is 125 cm³/mol. The lowest BCUT2D eigenvalue weighted by molar-refractivity contribution is -0.155. The Kier molecular flexibility index (Phi) is 8.75. The number of hydrogen-bond acceptors (Lipinski definition) is 5. The van der Waals surface area contributed by atoms with Crippen LogP contribution >= 0.6 is 0 Å². The highest BCUT2D eigenvalue weighted by Crippen LogP contribution is 2.29. The summed E-state index contributed by atoms with van der Waals surface area (Å²) in [6, 6.07) is 8.18. The summed E-state index contributed by atoms with van der Waals surface area (Å²) in [4.78, 5) is 40.5. The molecule has 0 spiro atoms. The van der Waals surface area contributed by atoms with E-state index < -0.39 is 29.7 Å². The van der Waals surface area contributed by atoms with E-state index >= 15 is 0 Å². The third-order valence-electron chi connectivity index (χ3n) is 6.31. The first kappa shape index (κ1) is 25.1. The van der Waals surface area contributed by atoms with Crippen LogP contribution in [0.5, 0.6) is 0 Å². The largest absolute Gasteiger partial charge is 0.459 e. The zero-order valence-electron chi connectivity index (χ0n) is 20.2. The highest BCUT2D eigenvalue weighted by atomic mass is 16.6. The van der Waals surface area contributed by atoms with Crippen LogP contribution in [0.2, 0.25) is 0 Å². The molecule has 1 aliphatic heterocycles. The number of benzene rings is 1. The molecule has 2 amide bonds. The van der Waals surface area contributed by atoms with Crippen molar-refractivity contribution in [3.05, 3.63) is 35.9 Å². The molecule has 1 heterocycles. The van der Waals surface area contributed by atoms with Gasteiger partial charge in [-0.15, -0.1) is 0 Å². The summed E-state index contributed by atoms with van der Waals surface area (Å²) in [5.41, 5.74) is 0.253. The van der Waals surface area contributed by atoms with E-state index in [1.165, 1.54) is 6.42 Å². The lowest BCUT2D eigenvalue weighted by atomic mass is 9.84. The molecule has 1 aromatic rings. The fourth-order valence-electron chi connectivity index (χ4n) is 4.73. The second-order valence-corrected chi connectivity index (χ2v) is 10.2. The molecule has 1 aromatic carbocycles. The molecule has 2 fully saturated rings. The highest BCUT2D eigenvalue weighted by molar-refractivity contribution is 5.90. The van der Waals surface area contributed by atoms with Gasteiger partial charge in [-0.25, -0.2) is 9.59 Å². The van der Waals surface area contributed by atoms with Crippen LogP contribution in [0.25, 0.3) is 0 Å². The van der Waals surface area contributed by atoms with Crippen LogP contribution in [-0.2, 0) is 25.7 Å². The van der Waals surface area contributed by atoms with Gasteiger partial charge >= 0.3 is 12.1 Å². The van der Waals surface area contributed by atoms with Gasteiger partial charge in [0.25, 0.3) is 0 Å². The number of nitrogens with zero attached hydrogens (tertiary/aromatic N) is 1. The fraction of sp³-hybridized carbons (Fsp3) is 0.654. The molecule has 1 N–H and O–H groups in total. The highest BCUT2D eigenvalue weighted by Gasteiger charge is 2.39. The maximum Gasteiger partial charge on any atom is 0.408 e. The van der Waals surface area contributed by atoms with Crippen molar-refractivity contribution in [1.82, 2.24) is 10.2 Å². The zero-order valence-corrected chi connectivity index (χ0v) is 20.2. The van der Waals surface area contributed by atoms with E-state index in [-0.39, 0.29) is 12.5 Å². The Bertz CT molecular complexity index is 799. The van der Waals surface area contributed by atoms with Crippen molar-refractivity contribution in [1.29, 1.82) is 0 Å². The third kappa shape index (κ3) is 7.76. The van der Waals surface area contributed by atoms with Crippen molar-refractivity contribution in [3.8, 4) is 0 Å². The Balaban J connectivity index is 1.66. The molecular formula is C26H38N2O5. The SMILES string of the molecule is CC(C)(C)OC(=O)N[C@@H](CC1CCCCC1)C(=O)N1CCC[C@@H]1C(=O)OCc1ccccc1. The first-order valence-electron chi connectivity index (χ1n) is 12.2. The van der Waals surface area contributed by atoms with Crippen molar-refractivity contribution >= 4 is 18.0 Å². The molecule has 2 aliphatic rings. The molecule has 2 atom stereocenters. The minimum Gasteiger partial charge on any atom is -0.459 e. The molecule has 33 heavy (non-hydrogen) atoms. The van der Waals surface area contributed by atoms with Crippen LogP contribution in [0.3, 0.4) is 0 Å². The summed E-state index contributed by atoms with van der Waals surface area (Å²) in [6.45, 7) is 6.05. The summed E-state index contributed by atoms with van der Waals surface area (Å²) in [5, 5.41) is 2.81. The van der Waals surface area contributed by atoms with Gasteiger partial charge < -0.3 is 19.7 Å². The molecule has 0 bridgehead atoms. The summed E-state index contributed by atoms with van der Waals surface area (Å²) in [5.74, 6) is -0.224. The first-order chi connectivity index (χ1) is 15.7. The van der Waals surface area contributed by atoms with E-state index in [0.29, 0.717) is 25.3 Å². The molecule has 0 unspecified atom stereocenters. The molecule has 7 heteroatoms. The molecule has 182 valence electrons. The maximum atomic E-state index is 13.6. The normalized spacial score (nSPS) is 20.2. The third-order valence-corrected chi connectivity index (χ3v) is 6.31. The van der Waals surface area contributed by atoms with Crippen molar-refractivity contribution in [2.45, 2.75) is 96.4 Å². The number of likely N-dealkylation sites (tertiary alicyclic amines) is 1. The van der Waals surface area contributed by atoms with Gasteiger partial charge in [0.1, 0.15) is 24.3 Å². The van der Waals surface area contributed by atoms with E-state index in [0.717, 1.165) is 37.7 Å². The Morgan fingerprint density at radius 1 is 1.03 bits per heavy atom. The van der Waals surface area contributed by atoms with Crippen molar-refractivity contribution in [2.24, 2.45) is 5.92 Å². The van der Waals surface area contributed by atoms with E-state index in [2.05, 4.69) is 5.32 Å². The van der Waals surface area contributed by atoms with Gasteiger partial charge in [0.2, 0.25) is 5.91 Å². The van der Waals surface area contributed by atoms with Crippen LogP contribution in [-0.4, -0.2) is 47.1 Å². The Morgan fingerprint density at radius 2 is 1.73 bits per heavy atom. The average Bonchev–Trinajstić information content (AvgIpc) is 3.27. The molecule has 0 aromatic heterocycles. The minimum absolute atomic E-state index is 0.180. The standard InChI is InChI=1S/C26H38N2O5/c1-26(2,3)33-25(31)27-21(17-19-11-6-4-7-12-19)23(29)28-16-10-15-22(28)24(30)32-18-20-13-8-5-9-14-20/h5,8-9,13-14,19,21-22H,4,6-7,10-12,15-18H2,1-3H3,(H,27,31)/t21-,22+/m0/s1. The van der Waals surface area contributed by atoms with Gasteiger partial charge in [0.15, 0.2) is 0 Å². The molecule has 3 rings (SSSR count). The number of rotatable bonds is 7. The van der Waals surface area contributed by atoms with Gasteiger partial charge in [0, 0.05) is 6.54 Å². The minimum atomic E-state index is -0.703. The van der Waals surface area contributed by atoms with Crippen molar-refractivity contribution in [2.75, 3.05) is 6.54 Å². The maximum absolute atomic E-state index is 13.6. The van der Waals surface area contributed by atoms with Gasteiger partial charge in [-0.05, 0) is 51.5 Å². The molecule has 1 aliphatic carbocycles. The number of alkyl carbamates (subject to hydrolysis) is 1. The van der Waals surface area contributed by atoms with Gasteiger partial charge in [-0.2, -0.15) is 0 Å². The lowest BCUT2D eigenvalue weighted by Crippen LogP contribution is -2.53. The van der Waals surface area contributed by atoms with E-state index in [1.807, 2.05) is 30.3 Å². The molecule has 1 saturated heterocycles. The number of ether oxygens (including phenoxy) is 2. The predicted octanol–water partition coefficient (Wildman–Crippen LogP) is 4.58. The first-order valence-corrected chi connectivity index (χ1v) is 12.2. The van der Waals surface area contributed by atoms with Crippen LogP contribution < -0.4 is 5.32 Å². The number of carbonyl (C=O) groups excluding carboxylic acids is 3. The monoisotopic (exact) mass is 458 g/mol. The summed E-state index contributed by atoms with van der Waals surface area (Å²) >= 11 is 0. The number of hydrogen-bond donors (Lipinski definition) is 1. The Morgan fingerprint density at radius 3 is 2.39 bits per heavy atom. The number of amides is 2. The molecule has 7 nitrogen and oxygen atoms in total. The number of nitrogens with one attached hydrogen (secondary N) is 1. The second-order valence-electron chi connectivity index (χ2n) is 10.2. The lowest BCUT2D eigenvalue weighted by Gasteiger charge is -2.32. The van der Waals surface area contributed by atoms with Gasteiger partial charge in [-0.1, -0.05) is 62.4 Å². The van der Waals surface area contributed by atoms with Crippen LogP contribution in [0.1, 0.15) is 77.7 Å². The summed E-state index contributed by atoms with van der Waals surface area (Å²) in [7, 11) is 0. The van der Waals surface area contributed by atoms with Crippen LogP contribution in [0, 0.1) is 5.92 Å². The average molecular weight is 459 g/mol. The van der Waals surface area contributed by atoms with Crippen molar-refractivity contribution in [3.63, 3.8) is 0 Å². The van der Waals surface area contributed by atoms with E-state index in [9.17, 15) is 14.4 Å². The second kappa shape index (κ2) is 11.5. The van der Waals surface area contributed by atoms with Gasteiger partial charge in [0.05, 0.1) is 0 Å². The number of esters is 1. The van der Waals surface area contributed by atoms with Crippen molar-refractivity contribution < 1.29 is 23.9 Å².